The lowest BCUT2D eigenvalue weighted by molar-refractivity contribution is -0.140. The van der Waals surface area contributed by atoms with Crippen molar-refractivity contribution in [2.75, 3.05) is 6.54 Å². The van der Waals surface area contributed by atoms with Gasteiger partial charge in [-0.3, -0.25) is 14.5 Å². The lowest BCUT2D eigenvalue weighted by Crippen LogP contribution is -2.33. The number of thioether (sulfide) groups is 1. The molecule has 18 heavy (non-hydrogen) atoms. The number of nitrogens with zero attached hydrogens (tertiary/aromatic N) is 1. The summed E-state index contributed by atoms with van der Waals surface area (Å²) in [6.07, 6.45) is 3.67. The van der Waals surface area contributed by atoms with Gasteiger partial charge in [0, 0.05) is 0 Å². The Kier molecular flexibility index (Phi) is 5.81. The summed E-state index contributed by atoms with van der Waals surface area (Å²) in [5.41, 5.74) is 1.10. The molecule has 1 aliphatic rings. The number of rotatable bonds is 6. The van der Waals surface area contributed by atoms with Gasteiger partial charge in [0.1, 0.15) is 10.9 Å². The average Bonchev–Trinajstić information content (AvgIpc) is 2.56. The highest BCUT2D eigenvalue weighted by atomic mass is 32.2. The summed E-state index contributed by atoms with van der Waals surface area (Å²) in [4.78, 5) is 24.6. The fourth-order valence-corrected chi connectivity index (χ4v) is 3.22. The molecule has 1 aliphatic heterocycles. The molecule has 0 aromatic carbocycles. The van der Waals surface area contributed by atoms with Gasteiger partial charge in [-0.05, 0) is 12.8 Å². The van der Waals surface area contributed by atoms with E-state index in [1.165, 1.54) is 16.7 Å². The molecule has 1 saturated heterocycles. The molecular weight excluding hydrogens is 270 g/mol. The Morgan fingerprint density at radius 1 is 1.33 bits per heavy atom. The number of carboxylic acid groups (broad SMARTS) is 1. The highest BCUT2D eigenvalue weighted by Gasteiger charge is 2.34. The van der Waals surface area contributed by atoms with Crippen molar-refractivity contribution in [1.29, 1.82) is 0 Å². The third kappa shape index (κ3) is 3.55. The van der Waals surface area contributed by atoms with E-state index >= 15 is 0 Å². The maximum Gasteiger partial charge on any atom is 0.323 e. The highest BCUT2D eigenvalue weighted by Crippen LogP contribution is 2.35. The molecule has 100 valence electrons. The molecule has 4 nitrogen and oxygen atoms in total. The number of amides is 1. The van der Waals surface area contributed by atoms with Crippen molar-refractivity contribution < 1.29 is 14.7 Å². The summed E-state index contributed by atoms with van der Waals surface area (Å²) in [6, 6.07) is 0. The van der Waals surface area contributed by atoms with Crippen molar-refractivity contribution in [2.45, 2.75) is 39.5 Å². The fraction of sp³-hybridized carbons (Fsp3) is 0.583. The van der Waals surface area contributed by atoms with Crippen molar-refractivity contribution in [3.63, 3.8) is 0 Å². The van der Waals surface area contributed by atoms with Gasteiger partial charge in [-0.15, -0.1) is 0 Å². The van der Waals surface area contributed by atoms with Crippen molar-refractivity contribution in [3.05, 3.63) is 10.5 Å². The third-order valence-electron chi connectivity index (χ3n) is 2.57. The second kappa shape index (κ2) is 6.89. The van der Waals surface area contributed by atoms with Gasteiger partial charge in [-0.2, -0.15) is 0 Å². The largest absolute Gasteiger partial charge is 0.480 e. The second-order valence-corrected chi connectivity index (χ2v) is 5.73. The molecule has 0 spiro atoms. The van der Waals surface area contributed by atoms with E-state index in [0.717, 1.165) is 31.3 Å². The van der Waals surface area contributed by atoms with Crippen LogP contribution in [0.25, 0.3) is 0 Å². The Bertz CT molecular complexity index is 396. The monoisotopic (exact) mass is 287 g/mol. The van der Waals surface area contributed by atoms with Gasteiger partial charge in [-0.1, -0.05) is 56.2 Å². The summed E-state index contributed by atoms with van der Waals surface area (Å²) < 4.78 is 0.349. The summed E-state index contributed by atoms with van der Waals surface area (Å²) >= 11 is 6.31. The van der Waals surface area contributed by atoms with Crippen LogP contribution >= 0.6 is 24.0 Å². The maximum absolute atomic E-state index is 12.1. The van der Waals surface area contributed by atoms with E-state index < -0.39 is 5.97 Å². The van der Waals surface area contributed by atoms with E-state index in [9.17, 15) is 9.59 Å². The number of allylic oxidation sites excluding steroid dienone is 1. The summed E-state index contributed by atoms with van der Waals surface area (Å²) in [5, 5.41) is 8.76. The van der Waals surface area contributed by atoms with Gasteiger partial charge in [0.05, 0.1) is 4.91 Å². The zero-order valence-corrected chi connectivity index (χ0v) is 12.2. The van der Waals surface area contributed by atoms with Crippen molar-refractivity contribution in [3.8, 4) is 0 Å². The Balaban J connectivity index is 2.97. The number of thiocarbonyl (C=S) groups is 1. The zero-order valence-electron chi connectivity index (χ0n) is 10.6. The normalized spacial score (nSPS) is 15.4. The minimum Gasteiger partial charge on any atom is -0.480 e. The Labute approximate surface area is 116 Å². The van der Waals surface area contributed by atoms with E-state index in [1.807, 2.05) is 0 Å². The topological polar surface area (TPSA) is 57.6 Å². The van der Waals surface area contributed by atoms with Gasteiger partial charge in [-0.25, -0.2) is 0 Å². The first-order valence-corrected chi connectivity index (χ1v) is 7.21. The minimum atomic E-state index is -1.04. The van der Waals surface area contributed by atoms with Gasteiger partial charge in [0.15, 0.2) is 0 Å². The molecule has 1 fully saturated rings. The molecule has 0 aliphatic carbocycles. The molecule has 0 aromatic heterocycles. The van der Waals surface area contributed by atoms with Gasteiger partial charge >= 0.3 is 5.97 Å². The Morgan fingerprint density at radius 2 is 1.89 bits per heavy atom. The number of hydrogen-bond acceptors (Lipinski definition) is 4. The van der Waals surface area contributed by atoms with Crippen molar-refractivity contribution in [2.24, 2.45) is 0 Å². The second-order valence-electron chi connectivity index (χ2n) is 4.09. The molecule has 1 rings (SSSR count). The number of hydrogen-bond donors (Lipinski definition) is 1. The van der Waals surface area contributed by atoms with Gasteiger partial charge in [0.25, 0.3) is 5.91 Å². The lowest BCUT2D eigenvalue weighted by atomic mass is 10.0. The summed E-state index contributed by atoms with van der Waals surface area (Å²) in [6.45, 7) is 3.78. The van der Waals surface area contributed by atoms with Crippen LogP contribution in [0.15, 0.2) is 10.5 Å². The van der Waals surface area contributed by atoms with Gasteiger partial charge in [0.2, 0.25) is 0 Å². The van der Waals surface area contributed by atoms with E-state index in [4.69, 9.17) is 17.3 Å². The molecule has 0 unspecified atom stereocenters. The number of carbonyl (C=O) groups is 2. The average molecular weight is 287 g/mol. The smallest absolute Gasteiger partial charge is 0.323 e. The maximum atomic E-state index is 12.1. The van der Waals surface area contributed by atoms with E-state index in [0.29, 0.717) is 9.23 Å². The van der Waals surface area contributed by atoms with E-state index in [2.05, 4.69) is 13.8 Å². The van der Waals surface area contributed by atoms with Crippen LogP contribution in [0.4, 0.5) is 0 Å². The SMILES string of the molecule is CCCC(CCC)=C1SC(=S)N(CC(=O)O)C1=O. The van der Waals surface area contributed by atoms with Crippen LogP contribution in [0.3, 0.4) is 0 Å². The Morgan fingerprint density at radius 3 is 2.33 bits per heavy atom. The molecule has 0 aromatic rings. The van der Waals surface area contributed by atoms with Crippen LogP contribution in [0.5, 0.6) is 0 Å². The molecule has 0 bridgehead atoms. The molecule has 6 heteroatoms. The molecular formula is C12H17NO3S2. The molecule has 0 atom stereocenters. The standard InChI is InChI=1S/C12H17NO3S2/c1-3-5-8(6-4-2)10-11(16)13(7-9(14)15)12(17)18-10/h3-7H2,1-2H3,(H,14,15). The van der Waals surface area contributed by atoms with Crippen LogP contribution in [0.1, 0.15) is 39.5 Å². The third-order valence-corrected chi connectivity index (χ3v) is 4.10. The molecule has 1 N–H and O–H groups in total. The van der Waals surface area contributed by atoms with Crippen LogP contribution in [-0.2, 0) is 9.59 Å². The van der Waals surface area contributed by atoms with Gasteiger partial charge < -0.3 is 5.11 Å². The predicted molar refractivity (Wildman–Crippen MR) is 76.4 cm³/mol. The summed E-state index contributed by atoms with van der Waals surface area (Å²) in [7, 11) is 0. The molecule has 0 radical (unpaired) electrons. The van der Waals surface area contributed by atoms with Crippen LogP contribution in [0.2, 0.25) is 0 Å². The molecule has 1 heterocycles. The lowest BCUT2D eigenvalue weighted by Gasteiger charge is -2.11. The zero-order chi connectivity index (χ0) is 13.7. The first-order chi connectivity index (χ1) is 8.51. The Hall–Kier alpha value is -0.880. The fourth-order valence-electron chi connectivity index (χ4n) is 1.84. The molecule has 1 amide bonds. The van der Waals surface area contributed by atoms with Crippen molar-refractivity contribution >= 4 is 40.2 Å². The quantitative estimate of drug-likeness (QED) is 0.601. The number of aliphatic carboxylic acids is 1. The summed E-state index contributed by atoms with van der Waals surface area (Å²) in [5.74, 6) is -1.29. The van der Waals surface area contributed by atoms with E-state index in [-0.39, 0.29) is 12.5 Å². The van der Waals surface area contributed by atoms with Crippen LogP contribution < -0.4 is 0 Å². The number of carboxylic acids is 1. The number of carbonyl (C=O) groups excluding carboxylic acids is 1. The van der Waals surface area contributed by atoms with Crippen LogP contribution in [-0.4, -0.2) is 32.7 Å². The first-order valence-electron chi connectivity index (χ1n) is 5.98. The van der Waals surface area contributed by atoms with Crippen LogP contribution in [0, 0.1) is 0 Å². The van der Waals surface area contributed by atoms with E-state index in [1.54, 1.807) is 0 Å². The minimum absolute atomic E-state index is 0.246. The van der Waals surface area contributed by atoms with Crippen molar-refractivity contribution in [1.82, 2.24) is 4.90 Å². The highest BCUT2D eigenvalue weighted by molar-refractivity contribution is 8.26. The first kappa shape index (κ1) is 15.2. The predicted octanol–water partition coefficient (Wildman–Crippen LogP) is 2.79. The molecule has 0 saturated carbocycles.